The van der Waals surface area contributed by atoms with Crippen molar-refractivity contribution in [3.05, 3.63) is 29.8 Å². The van der Waals surface area contributed by atoms with Gasteiger partial charge in [0.1, 0.15) is 5.75 Å². The maximum atomic E-state index is 13.0. The molecule has 1 aromatic rings. The van der Waals surface area contributed by atoms with Crippen LogP contribution in [0.4, 0.5) is 0 Å². The van der Waals surface area contributed by atoms with E-state index in [0.29, 0.717) is 18.7 Å². The van der Waals surface area contributed by atoms with E-state index in [9.17, 15) is 14.7 Å². The summed E-state index contributed by atoms with van der Waals surface area (Å²) in [5.41, 5.74) is 0.960. The summed E-state index contributed by atoms with van der Waals surface area (Å²) < 4.78 is 0. The smallest absolute Gasteiger partial charge is 0.226 e. The summed E-state index contributed by atoms with van der Waals surface area (Å²) >= 11 is 0. The van der Waals surface area contributed by atoms with Gasteiger partial charge in [-0.25, -0.2) is 0 Å². The van der Waals surface area contributed by atoms with Gasteiger partial charge in [-0.1, -0.05) is 12.1 Å². The zero-order valence-electron chi connectivity index (χ0n) is 18.4. The van der Waals surface area contributed by atoms with Crippen molar-refractivity contribution >= 4 is 11.8 Å². The van der Waals surface area contributed by atoms with E-state index in [1.54, 1.807) is 12.1 Å². The summed E-state index contributed by atoms with van der Waals surface area (Å²) in [4.78, 5) is 29.9. The Morgan fingerprint density at radius 1 is 1.00 bits per heavy atom. The highest BCUT2D eigenvalue weighted by Crippen LogP contribution is 2.60. The van der Waals surface area contributed by atoms with Gasteiger partial charge in [0, 0.05) is 51.1 Å². The van der Waals surface area contributed by atoms with Crippen LogP contribution in [0.2, 0.25) is 0 Å². The Labute approximate surface area is 185 Å². The Morgan fingerprint density at radius 2 is 1.65 bits per heavy atom. The first-order valence-electron chi connectivity index (χ1n) is 12.1. The number of hydrogen-bond acceptors (Lipinski definition) is 4. The molecule has 1 heterocycles. The van der Waals surface area contributed by atoms with Gasteiger partial charge >= 0.3 is 0 Å². The fourth-order valence-corrected chi connectivity index (χ4v) is 7.09. The summed E-state index contributed by atoms with van der Waals surface area (Å²) in [5, 5.41) is 12.8. The monoisotopic (exact) mass is 425 g/mol. The van der Waals surface area contributed by atoms with E-state index in [0.717, 1.165) is 75.3 Å². The third kappa shape index (κ3) is 4.45. The van der Waals surface area contributed by atoms with Gasteiger partial charge in [-0.15, -0.1) is 0 Å². The highest BCUT2D eigenvalue weighted by Gasteiger charge is 2.54. The van der Waals surface area contributed by atoms with Crippen molar-refractivity contribution < 1.29 is 14.7 Å². The van der Waals surface area contributed by atoms with Crippen LogP contribution in [0.15, 0.2) is 24.3 Å². The average Bonchev–Trinajstić information content (AvgIpc) is 2.73. The second-order valence-electron chi connectivity index (χ2n) is 10.5. The second-order valence-corrected chi connectivity index (χ2v) is 10.5. The number of carbonyl (C=O) groups excluding carboxylic acids is 2. The van der Waals surface area contributed by atoms with E-state index in [1.807, 2.05) is 17.0 Å². The summed E-state index contributed by atoms with van der Waals surface area (Å²) in [6.45, 7) is 4.36. The molecule has 0 unspecified atom stereocenters. The molecule has 5 aliphatic rings. The molecule has 1 saturated heterocycles. The maximum absolute atomic E-state index is 13.0. The number of phenolic OH excluding ortho intramolecular Hbond substituents is 1. The van der Waals surface area contributed by atoms with Crippen LogP contribution in [0.25, 0.3) is 0 Å². The number of rotatable bonds is 6. The molecule has 6 rings (SSSR count). The zero-order valence-corrected chi connectivity index (χ0v) is 18.4. The van der Waals surface area contributed by atoms with E-state index in [1.165, 1.54) is 19.3 Å². The van der Waals surface area contributed by atoms with Gasteiger partial charge < -0.3 is 15.3 Å². The Bertz CT molecular complexity index is 796. The molecule has 1 aromatic carbocycles. The minimum atomic E-state index is -0.130. The van der Waals surface area contributed by atoms with Gasteiger partial charge in [-0.05, 0) is 74.0 Å². The van der Waals surface area contributed by atoms with E-state index >= 15 is 0 Å². The fourth-order valence-electron chi connectivity index (χ4n) is 7.09. The minimum absolute atomic E-state index is 0.130. The molecular formula is C25H35N3O3. The molecule has 6 nitrogen and oxygen atoms in total. The van der Waals surface area contributed by atoms with Crippen LogP contribution in [0, 0.1) is 23.2 Å². The third-order valence-corrected chi connectivity index (χ3v) is 8.19. The SMILES string of the molecule is O=C(CCNC(=O)C12CC3CC(CC(C3)C1)C2)N1CCN(Cc2cccc(O)c2)CC1. The average molecular weight is 426 g/mol. The number of nitrogens with zero attached hydrogens (tertiary/aromatic N) is 2. The van der Waals surface area contributed by atoms with Crippen molar-refractivity contribution in [3.8, 4) is 5.75 Å². The highest BCUT2D eigenvalue weighted by molar-refractivity contribution is 5.84. The molecule has 2 N–H and O–H groups in total. The topological polar surface area (TPSA) is 72.9 Å². The van der Waals surface area contributed by atoms with E-state index in [-0.39, 0.29) is 17.2 Å². The second kappa shape index (κ2) is 8.45. The molecule has 0 atom stereocenters. The van der Waals surface area contributed by atoms with Crippen LogP contribution in [0.5, 0.6) is 5.75 Å². The van der Waals surface area contributed by atoms with E-state index in [4.69, 9.17) is 0 Å². The molecular weight excluding hydrogens is 390 g/mol. The minimum Gasteiger partial charge on any atom is -0.508 e. The maximum Gasteiger partial charge on any atom is 0.226 e. The number of hydrogen-bond donors (Lipinski definition) is 2. The number of aromatic hydroxyl groups is 1. The first-order chi connectivity index (χ1) is 15.0. The first-order valence-corrected chi connectivity index (χ1v) is 12.1. The molecule has 1 aliphatic heterocycles. The van der Waals surface area contributed by atoms with Crippen LogP contribution in [-0.4, -0.2) is 59.4 Å². The number of amides is 2. The number of nitrogens with one attached hydrogen (secondary N) is 1. The third-order valence-electron chi connectivity index (χ3n) is 8.19. The number of benzene rings is 1. The number of carbonyl (C=O) groups is 2. The highest BCUT2D eigenvalue weighted by atomic mass is 16.3. The molecule has 5 fully saturated rings. The molecule has 0 radical (unpaired) electrons. The lowest BCUT2D eigenvalue weighted by molar-refractivity contribution is -0.146. The standard InChI is InChI=1S/C25H35N3O3/c29-22-3-1-2-18(13-22)17-27-6-8-28(9-7-27)23(30)4-5-26-24(31)25-14-19-10-20(15-25)12-21(11-19)16-25/h1-3,13,19-21,29H,4-12,14-17H2,(H,26,31). The Balaban J connectivity index is 1.05. The Kier molecular flexibility index (Phi) is 5.67. The van der Waals surface area contributed by atoms with Gasteiger partial charge in [0.15, 0.2) is 0 Å². The Hall–Kier alpha value is -2.08. The molecule has 168 valence electrons. The van der Waals surface area contributed by atoms with Crippen LogP contribution in [0.1, 0.15) is 50.5 Å². The predicted molar refractivity (Wildman–Crippen MR) is 118 cm³/mol. The molecule has 4 bridgehead atoms. The lowest BCUT2D eigenvalue weighted by atomic mass is 9.49. The zero-order chi connectivity index (χ0) is 21.4. The van der Waals surface area contributed by atoms with Crippen LogP contribution >= 0.6 is 0 Å². The normalized spacial score (nSPS) is 32.3. The first kappa shape index (κ1) is 20.8. The molecule has 4 saturated carbocycles. The van der Waals surface area contributed by atoms with Gasteiger partial charge in [-0.3, -0.25) is 14.5 Å². The van der Waals surface area contributed by atoms with Gasteiger partial charge in [0.05, 0.1) is 0 Å². The fraction of sp³-hybridized carbons (Fsp3) is 0.680. The van der Waals surface area contributed by atoms with E-state index in [2.05, 4.69) is 10.2 Å². The summed E-state index contributed by atoms with van der Waals surface area (Å²) in [6, 6.07) is 7.36. The van der Waals surface area contributed by atoms with Gasteiger partial charge in [-0.2, -0.15) is 0 Å². The molecule has 2 amide bonds. The molecule has 0 aromatic heterocycles. The number of piperazine rings is 1. The quantitative estimate of drug-likeness (QED) is 0.735. The summed E-state index contributed by atoms with van der Waals surface area (Å²) in [6.07, 6.45) is 7.61. The number of phenols is 1. The Morgan fingerprint density at radius 3 is 2.26 bits per heavy atom. The molecule has 0 spiro atoms. The van der Waals surface area contributed by atoms with Crippen molar-refractivity contribution in [1.82, 2.24) is 15.1 Å². The molecule has 31 heavy (non-hydrogen) atoms. The predicted octanol–water partition coefficient (Wildman–Crippen LogP) is 2.76. The largest absolute Gasteiger partial charge is 0.508 e. The van der Waals surface area contributed by atoms with Crippen LogP contribution < -0.4 is 5.32 Å². The van der Waals surface area contributed by atoms with Crippen molar-refractivity contribution in [2.24, 2.45) is 23.2 Å². The van der Waals surface area contributed by atoms with Crippen molar-refractivity contribution in [3.63, 3.8) is 0 Å². The van der Waals surface area contributed by atoms with Crippen molar-refractivity contribution in [2.45, 2.75) is 51.5 Å². The van der Waals surface area contributed by atoms with Gasteiger partial charge in [0.2, 0.25) is 11.8 Å². The lowest BCUT2D eigenvalue weighted by Crippen LogP contribution is -2.54. The molecule has 4 aliphatic carbocycles. The van der Waals surface area contributed by atoms with Crippen molar-refractivity contribution in [1.29, 1.82) is 0 Å². The lowest BCUT2D eigenvalue weighted by Gasteiger charge is -2.55. The van der Waals surface area contributed by atoms with Crippen LogP contribution in [0.3, 0.4) is 0 Å². The van der Waals surface area contributed by atoms with Gasteiger partial charge in [0.25, 0.3) is 0 Å². The van der Waals surface area contributed by atoms with Crippen LogP contribution in [-0.2, 0) is 16.1 Å². The summed E-state index contributed by atoms with van der Waals surface area (Å²) in [5.74, 6) is 2.93. The van der Waals surface area contributed by atoms with Crippen molar-refractivity contribution in [2.75, 3.05) is 32.7 Å². The molecule has 6 heteroatoms. The summed E-state index contributed by atoms with van der Waals surface area (Å²) in [7, 11) is 0. The van der Waals surface area contributed by atoms with E-state index < -0.39 is 0 Å².